The lowest BCUT2D eigenvalue weighted by atomic mass is 9.86. The Kier molecular flexibility index (Phi) is 6.21. The van der Waals surface area contributed by atoms with Gasteiger partial charge in [-0.3, -0.25) is 0 Å². The molecule has 1 aliphatic rings. The molecule has 1 aliphatic carbocycles. The largest absolute Gasteiger partial charge is 0.444 e. The number of hydrogen-bond donors (Lipinski definition) is 2. The van der Waals surface area contributed by atoms with Crippen molar-refractivity contribution in [2.45, 2.75) is 58.1 Å². The Morgan fingerprint density at radius 1 is 1.26 bits per heavy atom. The molecule has 0 atom stereocenters. The third kappa shape index (κ3) is 6.72. The average Bonchev–Trinajstić information content (AvgIpc) is 2.46. The third-order valence-corrected chi connectivity index (χ3v) is 4.19. The minimum absolute atomic E-state index is 0.216. The van der Waals surface area contributed by atoms with E-state index in [1.54, 1.807) is 0 Å². The summed E-state index contributed by atoms with van der Waals surface area (Å²) in [5.74, 6) is 1.39. The van der Waals surface area contributed by atoms with Gasteiger partial charge >= 0.3 is 6.09 Å². The second-order valence-electron chi connectivity index (χ2n) is 6.99. The Morgan fingerprint density at radius 2 is 1.96 bits per heavy atom. The van der Waals surface area contributed by atoms with Gasteiger partial charge in [-0.25, -0.2) is 4.79 Å². The normalized spacial score (nSPS) is 21.6. The molecule has 128 valence electrons. The number of carbonyl (C=O) groups excluding carboxylic acids is 1. The van der Waals surface area contributed by atoms with Gasteiger partial charge in [0, 0.05) is 12.6 Å². The zero-order valence-corrected chi connectivity index (χ0v) is 15.5. The monoisotopic (exact) mass is 384 g/mol. The second kappa shape index (κ2) is 7.95. The Bertz CT molecular complexity index is 508. The number of hydrogen-bond acceptors (Lipinski definition) is 5. The fourth-order valence-electron chi connectivity index (χ4n) is 2.64. The minimum Gasteiger partial charge on any atom is -0.444 e. The Hall–Kier alpha value is -1.37. The van der Waals surface area contributed by atoms with Gasteiger partial charge in [-0.05, 0) is 80.4 Å². The lowest BCUT2D eigenvalue weighted by molar-refractivity contribution is 0.0488. The quantitative estimate of drug-likeness (QED) is 0.826. The molecule has 0 spiro atoms. The van der Waals surface area contributed by atoms with Crippen LogP contribution in [0.4, 0.5) is 10.6 Å². The van der Waals surface area contributed by atoms with E-state index in [1.165, 1.54) is 0 Å². The predicted molar refractivity (Wildman–Crippen MR) is 93.3 cm³/mol. The zero-order valence-electron chi connectivity index (χ0n) is 13.9. The first-order valence-corrected chi connectivity index (χ1v) is 8.84. The second-order valence-corrected chi connectivity index (χ2v) is 7.80. The maximum atomic E-state index is 11.8. The minimum atomic E-state index is -0.448. The van der Waals surface area contributed by atoms with Crippen LogP contribution < -0.4 is 10.6 Å². The molecule has 7 heteroatoms. The van der Waals surface area contributed by atoms with Crippen LogP contribution in [0.1, 0.15) is 46.5 Å². The van der Waals surface area contributed by atoms with Gasteiger partial charge in [-0.2, -0.15) is 0 Å². The van der Waals surface area contributed by atoms with Gasteiger partial charge in [0.1, 0.15) is 16.0 Å². The van der Waals surface area contributed by atoms with E-state index in [1.807, 2.05) is 32.9 Å². The van der Waals surface area contributed by atoms with Gasteiger partial charge < -0.3 is 15.4 Å². The first-order valence-electron chi connectivity index (χ1n) is 8.04. The van der Waals surface area contributed by atoms with Gasteiger partial charge in [0.05, 0.1) is 0 Å². The van der Waals surface area contributed by atoms with Crippen molar-refractivity contribution in [3.63, 3.8) is 0 Å². The SMILES string of the molecule is CC(C)(C)OC(=O)N[C@H]1CC[C@H](CNc2ccc(Br)nn2)CC1. The molecule has 1 aromatic heterocycles. The van der Waals surface area contributed by atoms with Crippen LogP contribution >= 0.6 is 15.9 Å². The number of nitrogens with zero attached hydrogens (tertiary/aromatic N) is 2. The molecule has 0 saturated heterocycles. The first-order chi connectivity index (χ1) is 10.8. The van der Waals surface area contributed by atoms with Gasteiger partial charge in [0.15, 0.2) is 0 Å². The van der Waals surface area contributed by atoms with E-state index >= 15 is 0 Å². The number of carbonyl (C=O) groups is 1. The van der Waals surface area contributed by atoms with E-state index in [4.69, 9.17) is 4.74 Å². The van der Waals surface area contributed by atoms with Crippen molar-refractivity contribution >= 4 is 27.8 Å². The average molecular weight is 385 g/mol. The molecule has 1 fully saturated rings. The third-order valence-electron chi connectivity index (χ3n) is 3.77. The van der Waals surface area contributed by atoms with Crippen LogP contribution in [0.3, 0.4) is 0 Å². The highest BCUT2D eigenvalue weighted by molar-refractivity contribution is 9.10. The molecule has 2 rings (SSSR count). The van der Waals surface area contributed by atoms with Crippen molar-refractivity contribution in [2.75, 3.05) is 11.9 Å². The molecule has 6 nitrogen and oxygen atoms in total. The van der Waals surface area contributed by atoms with E-state index in [0.29, 0.717) is 5.92 Å². The molecule has 0 unspecified atom stereocenters. The molecule has 1 amide bonds. The van der Waals surface area contributed by atoms with Crippen LogP contribution in [0.25, 0.3) is 0 Å². The molecule has 0 aromatic carbocycles. The molecule has 0 radical (unpaired) electrons. The van der Waals surface area contributed by atoms with E-state index in [0.717, 1.165) is 42.6 Å². The maximum Gasteiger partial charge on any atom is 0.407 e. The van der Waals surface area contributed by atoms with Crippen molar-refractivity contribution in [1.82, 2.24) is 15.5 Å². The zero-order chi connectivity index (χ0) is 16.9. The van der Waals surface area contributed by atoms with Gasteiger partial charge in [0.25, 0.3) is 0 Å². The number of aromatic nitrogens is 2. The van der Waals surface area contributed by atoms with Crippen molar-refractivity contribution in [3.8, 4) is 0 Å². The van der Waals surface area contributed by atoms with Crippen LogP contribution in [0.2, 0.25) is 0 Å². The molecule has 0 aliphatic heterocycles. The number of rotatable bonds is 4. The van der Waals surface area contributed by atoms with Gasteiger partial charge in [0.2, 0.25) is 0 Å². The molecule has 0 bridgehead atoms. The number of halogens is 1. The number of alkyl carbamates (subject to hydrolysis) is 1. The summed E-state index contributed by atoms with van der Waals surface area (Å²) in [6.07, 6.45) is 3.81. The summed E-state index contributed by atoms with van der Waals surface area (Å²) in [7, 11) is 0. The van der Waals surface area contributed by atoms with E-state index in [2.05, 4.69) is 36.8 Å². The van der Waals surface area contributed by atoms with Crippen LogP contribution in [0.5, 0.6) is 0 Å². The highest BCUT2D eigenvalue weighted by Gasteiger charge is 2.24. The topological polar surface area (TPSA) is 76.1 Å². The fraction of sp³-hybridized carbons (Fsp3) is 0.688. The summed E-state index contributed by atoms with van der Waals surface area (Å²) in [6.45, 7) is 6.51. The lowest BCUT2D eigenvalue weighted by Gasteiger charge is -2.30. The van der Waals surface area contributed by atoms with Crippen molar-refractivity contribution in [2.24, 2.45) is 5.92 Å². The summed E-state index contributed by atoms with van der Waals surface area (Å²) >= 11 is 3.27. The maximum absolute atomic E-state index is 11.8. The lowest BCUT2D eigenvalue weighted by Crippen LogP contribution is -2.41. The van der Waals surface area contributed by atoms with Crippen molar-refractivity contribution in [3.05, 3.63) is 16.7 Å². The fourth-order valence-corrected chi connectivity index (χ4v) is 2.86. The molecule has 1 saturated carbocycles. The molecular formula is C16H25BrN4O2. The Balaban J connectivity index is 1.67. The summed E-state index contributed by atoms with van der Waals surface area (Å²) in [5.41, 5.74) is -0.448. The van der Waals surface area contributed by atoms with E-state index in [9.17, 15) is 4.79 Å². The summed E-state index contributed by atoms with van der Waals surface area (Å²) in [4.78, 5) is 11.8. The number of anilines is 1. The van der Waals surface area contributed by atoms with Crippen LogP contribution in [0, 0.1) is 5.92 Å². The van der Waals surface area contributed by atoms with Crippen LogP contribution in [-0.4, -0.2) is 34.5 Å². The molecule has 1 aromatic rings. The number of nitrogens with one attached hydrogen (secondary N) is 2. The summed E-state index contributed by atoms with van der Waals surface area (Å²) in [5, 5.41) is 14.3. The first kappa shape index (κ1) is 18.0. The summed E-state index contributed by atoms with van der Waals surface area (Å²) in [6, 6.07) is 4.00. The number of ether oxygens (including phenoxy) is 1. The van der Waals surface area contributed by atoms with Crippen LogP contribution in [0.15, 0.2) is 16.7 Å². The van der Waals surface area contributed by atoms with Gasteiger partial charge in [-0.15, -0.1) is 10.2 Å². The highest BCUT2D eigenvalue weighted by atomic mass is 79.9. The van der Waals surface area contributed by atoms with Gasteiger partial charge in [-0.1, -0.05) is 0 Å². The molecule has 1 heterocycles. The van der Waals surface area contributed by atoms with Crippen molar-refractivity contribution < 1.29 is 9.53 Å². The predicted octanol–water partition coefficient (Wildman–Crippen LogP) is 3.73. The van der Waals surface area contributed by atoms with E-state index in [-0.39, 0.29) is 12.1 Å². The Labute approximate surface area is 145 Å². The Morgan fingerprint density at radius 3 is 2.52 bits per heavy atom. The van der Waals surface area contributed by atoms with Crippen LogP contribution in [-0.2, 0) is 4.74 Å². The van der Waals surface area contributed by atoms with Crippen molar-refractivity contribution in [1.29, 1.82) is 0 Å². The molecule has 23 heavy (non-hydrogen) atoms. The smallest absolute Gasteiger partial charge is 0.407 e. The molecule has 2 N–H and O–H groups in total. The highest BCUT2D eigenvalue weighted by Crippen LogP contribution is 2.25. The molecular weight excluding hydrogens is 360 g/mol. The van der Waals surface area contributed by atoms with E-state index < -0.39 is 5.60 Å². The standard InChI is InChI=1S/C16H25BrN4O2/c1-16(2,3)23-15(22)19-12-6-4-11(5-7-12)10-18-14-9-8-13(17)20-21-14/h8-9,11-12H,4-7,10H2,1-3H3,(H,18,21)(H,19,22)/t11-,12-. The summed E-state index contributed by atoms with van der Waals surface area (Å²) < 4.78 is 6.03. The number of amides is 1.